The standard InChI is InChI=1S/C16H15ClN4O/c1-10(2)15-12(8-18-9-19-15)16-20-14(21-22-16)7-11-5-3-4-6-13(11)17/h3-6,8-10H,7H2,1-2H3. The monoisotopic (exact) mass is 314 g/mol. The predicted octanol–water partition coefficient (Wildman–Crippen LogP) is 3.89. The van der Waals surface area contributed by atoms with E-state index in [1.165, 1.54) is 6.33 Å². The van der Waals surface area contributed by atoms with Crippen LogP contribution in [-0.4, -0.2) is 20.1 Å². The fourth-order valence-corrected chi connectivity index (χ4v) is 2.41. The molecular weight excluding hydrogens is 300 g/mol. The molecule has 6 heteroatoms. The van der Waals surface area contributed by atoms with Crippen molar-refractivity contribution in [2.24, 2.45) is 0 Å². The molecule has 0 aliphatic carbocycles. The summed E-state index contributed by atoms with van der Waals surface area (Å²) in [5, 5.41) is 4.72. The van der Waals surface area contributed by atoms with Gasteiger partial charge in [0.05, 0.1) is 11.3 Å². The Balaban J connectivity index is 1.90. The van der Waals surface area contributed by atoms with Crippen molar-refractivity contribution in [3.63, 3.8) is 0 Å². The van der Waals surface area contributed by atoms with E-state index in [9.17, 15) is 0 Å². The zero-order chi connectivity index (χ0) is 15.5. The van der Waals surface area contributed by atoms with E-state index in [0.717, 1.165) is 16.8 Å². The topological polar surface area (TPSA) is 64.7 Å². The highest BCUT2D eigenvalue weighted by Crippen LogP contribution is 2.26. The van der Waals surface area contributed by atoms with Crippen molar-refractivity contribution in [1.29, 1.82) is 0 Å². The Morgan fingerprint density at radius 3 is 2.82 bits per heavy atom. The SMILES string of the molecule is CC(C)c1ncncc1-c1nc(Cc2ccccc2Cl)no1. The van der Waals surface area contributed by atoms with Gasteiger partial charge < -0.3 is 4.52 Å². The third kappa shape index (κ3) is 2.99. The van der Waals surface area contributed by atoms with Crippen LogP contribution in [0.1, 0.15) is 36.8 Å². The highest BCUT2D eigenvalue weighted by molar-refractivity contribution is 6.31. The minimum Gasteiger partial charge on any atom is -0.334 e. The molecule has 0 aliphatic heterocycles. The molecule has 1 aromatic carbocycles. The van der Waals surface area contributed by atoms with Gasteiger partial charge in [-0.1, -0.05) is 48.8 Å². The normalized spacial score (nSPS) is 11.1. The van der Waals surface area contributed by atoms with E-state index in [0.29, 0.717) is 23.2 Å². The molecule has 0 radical (unpaired) electrons. The summed E-state index contributed by atoms with van der Waals surface area (Å²) in [4.78, 5) is 12.8. The van der Waals surface area contributed by atoms with Crippen LogP contribution in [-0.2, 0) is 6.42 Å². The van der Waals surface area contributed by atoms with Gasteiger partial charge in [-0.15, -0.1) is 0 Å². The lowest BCUT2D eigenvalue weighted by molar-refractivity contribution is 0.423. The first-order chi connectivity index (χ1) is 10.6. The number of benzene rings is 1. The minimum absolute atomic E-state index is 0.247. The molecule has 2 heterocycles. The number of nitrogens with zero attached hydrogens (tertiary/aromatic N) is 4. The first-order valence-corrected chi connectivity index (χ1v) is 7.39. The van der Waals surface area contributed by atoms with E-state index in [1.807, 2.05) is 24.3 Å². The Morgan fingerprint density at radius 1 is 1.23 bits per heavy atom. The van der Waals surface area contributed by atoms with Crippen molar-refractivity contribution in [2.45, 2.75) is 26.2 Å². The predicted molar refractivity (Wildman–Crippen MR) is 83.7 cm³/mol. The van der Waals surface area contributed by atoms with Gasteiger partial charge in [-0.2, -0.15) is 4.98 Å². The van der Waals surface area contributed by atoms with Crippen LogP contribution < -0.4 is 0 Å². The fraction of sp³-hybridized carbons (Fsp3) is 0.250. The first-order valence-electron chi connectivity index (χ1n) is 7.01. The van der Waals surface area contributed by atoms with Crippen LogP contribution in [0.5, 0.6) is 0 Å². The first kappa shape index (κ1) is 14.7. The maximum absolute atomic E-state index is 6.16. The van der Waals surface area contributed by atoms with Crippen molar-refractivity contribution in [2.75, 3.05) is 0 Å². The van der Waals surface area contributed by atoms with Gasteiger partial charge in [0.15, 0.2) is 5.82 Å². The smallest absolute Gasteiger partial charge is 0.261 e. The summed E-state index contributed by atoms with van der Waals surface area (Å²) >= 11 is 6.16. The summed E-state index contributed by atoms with van der Waals surface area (Å²) in [6, 6.07) is 7.62. The van der Waals surface area contributed by atoms with Crippen LogP contribution in [0.25, 0.3) is 11.5 Å². The van der Waals surface area contributed by atoms with Gasteiger partial charge in [-0.25, -0.2) is 9.97 Å². The second kappa shape index (κ2) is 6.23. The van der Waals surface area contributed by atoms with E-state index in [4.69, 9.17) is 16.1 Å². The molecule has 0 spiro atoms. The third-order valence-corrected chi connectivity index (χ3v) is 3.66. The van der Waals surface area contributed by atoms with Gasteiger partial charge in [0.2, 0.25) is 0 Å². The summed E-state index contributed by atoms with van der Waals surface area (Å²) in [5.74, 6) is 1.27. The van der Waals surface area contributed by atoms with E-state index >= 15 is 0 Å². The van der Waals surface area contributed by atoms with Crippen molar-refractivity contribution in [3.05, 3.63) is 58.9 Å². The van der Waals surface area contributed by atoms with Crippen LogP contribution >= 0.6 is 11.6 Å². The van der Waals surface area contributed by atoms with Gasteiger partial charge in [-0.05, 0) is 17.5 Å². The summed E-state index contributed by atoms with van der Waals surface area (Å²) < 4.78 is 5.37. The van der Waals surface area contributed by atoms with Gasteiger partial charge in [-0.3, -0.25) is 0 Å². The number of hydrogen-bond acceptors (Lipinski definition) is 5. The van der Waals surface area contributed by atoms with E-state index < -0.39 is 0 Å². The van der Waals surface area contributed by atoms with Gasteiger partial charge >= 0.3 is 0 Å². The molecule has 0 fully saturated rings. The molecule has 112 valence electrons. The molecule has 22 heavy (non-hydrogen) atoms. The molecule has 3 rings (SSSR count). The molecule has 0 saturated carbocycles. The van der Waals surface area contributed by atoms with E-state index in [2.05, 4.69) is 34.0 Å². The molecule has 5 nitrogen and oxygen atoms in total. The van der Waals surface area contributed by atoms with Gasteiger partial charge in [0.1, 0.15) is 6.33 Å². The maximum Gasteiger partial charge on any atom is 0.261 e. The fourth-order valence-electron chi connectivity index (χ4n) is 2.21. The largest absolute Gasteiger partial charge is 0.334 e. The third-order valence-electron chi connectivity index (χ3n) is 3.29. The zero-order valence-corrected chi connectivity index (χ0v) is 13.1. The molecule has 0 aliphatic rings. The van der Waals surface area contributed by atoms with Crippen molar-refractivity contribution >= 4 is 11.6 Å². The zero-order valence-electron chi connectivity index (χ0n) is 12.3. The highest BCUT2D eigenvalue weighted by Gasteiger charge is 2.17. The van der Waals surface area contributed by atoms with Crippen LogP contribution in [0.4, 0.5) is 0 Å². The molecule has 0 N–H and O–H groups in total. The molecular formula is C16H15ClN4O. The van der Waals surface area contributed by atoms with Crippen molar-refractivity contribution in [3.8, 4) is 11.5 Å². The summed E-state index contributed by atoms with van der Waals surface area (Å²) in [6.45, 7) is 4.12. The lowest BCUT2D eigenvalue weighted by Crippen LogP contribution is -1.98. The second-order valence-electron chi connectivity index (χ2n) is 5.26. The quantitative estimate of drug-likeness (QED) is 0.731. The Hall–Kier alpha value is -2.27. The van der Waals surface area contributed by atoms with Crippen LogP contribution in [0, 0.1) is 0 Å². The molecule has 0 unspecified atom stereocenters. The summed E-state index contributed by atoms with van der Waals surface area (Å²) in [5.41, 5.74) is 2.63. The maximum atomic E-state index is 6.16. The molecule has 0 saturated heterocycles. The number of hydrogen-bond donors (Lipinski definition) is 0. The summed E-state index contributed by atoms with van der Waals surface area (Å²) in [7, 11) is 0. The van der Waals surface area contributed by atoms with Crippen molar-refractivity contribution in [1.82, 2.24) is 20.1 Å². The van der Waals surface area contributed by atoms with Crippen LogP contribution in [0.2, 0.25) is 5.02 Å². The molecule has 2 aromatic heterocycles. The number of rotatable bonds is 4. The Labute approximate surface area is 133 Å². The molecule has 0 amide bonds. The van der Waals surface area contributed by atoms with Crippen molar-refractivity contribution < 1.29 is 4.52 Å². The average molecular weight is 315 g/mol. The lowest BCUT2D eigenvalue weighted by atomic mass is 10.1. The van der Waals surface area contributed by atoms with Crippen LogP contribution in [0.3, 0.4) is 0 Å². The Morgan fingerprint density at radius 2 is 2.05 bits per heavy atom. The Bertz CT molecular complexity index is 785. The minimum atomic E-state index is 0.247. The van der Waals surface area contributed by atoms with E-state index in [-0.39, 0.29) is 5.92 Å². The van der Waals surface area contributed by atoms with Gasteiger partial charge in [0.25, 0.3) is 5.89 Å². The highest BCUT2D eigenvalue weighted by atomic mass is 35.5. The molecule has 0 bridgehead atoms. The molecule has 0 atom stereocenters. The average Bonchev–Trinajstić information content (AvgIpc) is 2.98. The van der Waals surface area contributed by atoms with Crippen LogP contribution in [0.15, 0.2) is 41.3 Å². The number of halogens is 1. The summed E-state index contributed by atoms with van der Waals surface area (Å²) in [6.07, 6.45) is 3.75. The second-order valence-corrected chi connectivity index (χ2v) is 5.67. The van der Waals surface area contributed by atoms with E-state index in [1.54, 1.807) is 6.20 Å². The number of aromatic nitrogens is 4. The lowest BCUT2D eigenvalue weighted by Gasteiger charge is -2.06. The van der Waals surface area contributed by atoms with Gasteiger partial charge in [0, 0.05) is 17.6 Å². The molecule has 3 aromatic rings. The Kier molecular flexibility index (Phi) is 4.15.